The van der Waals surface area contributed by atoms with Crippen molar-refractivity contribution in [2.75, 3.05) is 25.0 Å². The Bertz CT molecular complexity index is 848. The van der Waals surface area contributed by atoms with Crippen molar-refractivity contribution in [3.05, 3.63) is 47.3 Å². The Morgan fingerprint density at radius 3 is 2.77 bits per heavy atom. The molecular weight excluding hydrogens is 493 g/mol. The van der Waals surface area contributed by atoms with Gasteiger partial charge in [-0.05, 0) is 37.3 Å². The van der Waals surface area contributed by atoms with Crippen molar-refractivity contribution in [2.24, 2.45) is 4.99 Å². The zero-order valence-electron chi connectivity index (χ0n) is 18.0. The maximum absolute atomic E-state index is 12.8. The second-order valence-electron chi connectivity index (χ2n) is 7.29. The number of anilines is 1. The molecule has 0 spiro atoms. The van der Waals surface area contributed by atoms with E-state index in [4.69, 9.17) is 4.52 Å². The average molecular weight is 525 g/mol. The lowest BCUT2D eigenvalue weighted by molar-refractivity contribution is -0.117. The first-order valence-corrected chi connectivity index (χ1v) is 10.4. The van der Waals surface area contributed by atoms with E-state index in [0.29, 0.717) is 18.4 Å². The lowest BCUT2D eigenvalue weighted by atomic mass is 9.99. The number of hydrogen-bond acceptors (Lipinski definition) is 4. The topological polar surface area (TPSA) is 82.8 Å². The van der Waals surface area contributed by atoms with E-state index in [1.807, 2.05) is 29.2 Å². The fraction of sp³-hybridized carbons (Fsp3) is 0.500. The van der Waals surface area contributed by atoms with Crippen molar-refractivity contribution in [1.29, 1.82) is 0 Å². The molecule has 1 aromatic heterocycles. The largest absolute Gasteiger partial charge is 0.359 e. The quantitative estimate of drug-likeness (QED) is 0.326. The molecular formula is C22H32IN5O2. The highest BCUT2D eigenvalue weighted by atomic mass is 127. The number of fused-ring (bicyclic) bond motifs is 1. The first-order chi connectivity index (χ1) is 14.2. The molecule has 0 saturated carbocycles. The second-order valence-corrected chi connectivity index (χ2v) is 7.29. The van der Waals surface area contributed by atoms with Gasteiger partial charge in [0.05, 0.1) is 18.8 Å². The molecule has 1 amide bonds. The number of nitrogens with zero attached hydrogens (tertiary/aromatic N) is 3. The highest BCUT2D eigenvalue weighted by Crippen LogP contribution is 2.26. The maximum Gasteiger partial charge on any atom is 0.246 e. The van der Waals surface area contributed by atoms with E-state index in [-0.39, 0.29) is 36.4 Å². The number of amides is 1. The van der Waals surface area contributed by atoms with E-state index < -0.39 is 0 Å². The van der Waals surface area contributed by atoms with E-state index in [1.54, 1.807) is 7.05 Å². The number of aryl methyl sites for hydroxylation is 1. The molecule has 3 rings (SSSR count). The van der Waals surface area contributed by atoms with Gasteiger partial charge in [-0.15, -0.1) is 24.0 Å². The molecule has 2 N–H and O–H groups in total. The van der Waals surface area contributed by atoms with Crippen molar-refractivity contribution >= 4 is 41.5 Å². The summed E-state index contributed by atoms with van der Waals surface area (Å²) < 4.78 is 5.43. The summed E-state index contributed by atoms with van der Waals surface area (Å²) in [5.41, 5.74) is 3.24. The fourth-order valence-electron chi connectivity index (χ4n) is 3.75. The van der Waals surface area contributed by atoms with Crippen LogP contribution in [0.25, 0.3) is 0 Å². The number of carbonyl (C=O) groups is 1. The number of halogens is 1. The van der Waals surface area contributed by atoms with E-state index in [9.17, 15) is 4.79 Å². The number of guanidine groups is 1. The summed E-state index contributed by atoms with van der Waals surface area (Å²) in [6.07, 6.45) is 4.09. The summed E-state index contributed by atoms with van der Waals surface area (Å²) in [5, 5.41) is 10.5. The van der Waals surface area contributed by atoms with Crippen LogP contribution >= 0.6 is 24.0 Å². The molecule has 1 aliphatic heterocycles. The SMILES string of the molecule is CCC(CC)c1cc(CNC(=NC)NCC(=O)N2CCCc3ccccc32)on1.I. The van der Waals surface area contributed by atoms with Crippen LogP contribution in [-0.4, -0.2) is 37.2 Å². The third-order valence-electron chi connectivity index (χ3n) is 5.45. The third kappa shape index (κ3) is 5.96. The molecule has 7 nitrogen and oxygen atoms in total. The number of rotatable bonds is 7. The Morgan fingerprint density at radius 1 is 1.27 bits per heavy atom. The molecule has 8 heteroatoms. The molecule has 0 unspecified atom stereocenters. The number of carbonyl (C=O) groups excluding carboxylic acids is 1. The summed E-state index contributed by atoms with van der Waals surface area (Å²) in [5.74, 6) is 1.78. The van der Waals surface area contributed by atoms with Gasteiger partial charge in [-0.25, -0.2) is 0 Å². The van der Waals surface area contributed by atoms with Gasteiger partial charge in [0.1, 0.15) is 0 Å². The number of para-hydroxylation sites is 1. The lowest BCUT2D eigenvalue weighted by Crippen LogP contribution is -2.45. The predicted molar refractivity (Wildman–Crippen MR) is 131 cm³/mol. The standard InChI is InChI=1S/C22H31N5O2.HI/c1-4-16(5-2)19-13-18(29-26-19)14-24-22(23-3)25-15-21(28)27-12-8-10-17-9-6-7-11-20(17)27;/h6-7,9,11,13,16H,4-5,8,10,12,14-15H2,1-3H3,(H2,23,24,25);1H. The van der Waals surface area contributed by atoms with Crippen LogP contribution in [0.4, 0.5) is 5.69 Å². The van der Waals surface area contributed by atoms with Crippen LogP contribution in [0, 0.1) is 0 Å². The lowest BCUT2D eigenvalue weighted by Gasteiger charge is -2.29. The smallest absolute Gasteiger partial charge is 0.246 e. The summed E-state index contributed by atoms with van der Waals surface area (Å²) in [4.78, 5) is 18.8. The van der Waals surface area contributed by atoms with Crippen molar-refractivity contribution in [3.8, 4) is 0 Å². The Hall–Kier alpha value is -2.10. The van der Waals surface area contributed by atoms with Gasteiger partial charge in [-0.3, -0.25) is 9.79 Å². The predicted octanol–water partition coefficient (Wildman–Crippen LogP) is 3.84. The van der Waals surface area contributed by atoms with Crippen molar-refractivity contribution in [3.63, 3.8) is 0 Å². The minimum atomic E-state index is 0. The average Bonchev–Trinajstić information content (AvgIpc) is 3.23. The monoisotopic (exact) mass is 525 g/mol. The summed E-state index contributed by atoms with van der Waals surface area (Å²) in [6.45, 7) is 5.71. The molecule has 0 atom stereocenters. The van der Waals surface area contributed by atoms with Crippen LogP contribution in [0.2, 0.25) is 0 Å². The molecule has 1 aliphatic rings. The normalized spacial score (nSPS) is 13.6. The van der Waals surface area contributed by atoms with Gasteiger partial charge in [0.25, 0.3) is 0 Å². The number of benzene rings is 1. The van der Waals surface area contributed by atoms with Crippen molar-refractivity contribution in [2.45, 2.75) is 52.0 Å². The van der Waals surface area contributed by atoms with Crippen LogP contribution in [0.15, 0.2) is 39.8 Å². The molecule has 30 heavy (non-hydrogen) atoms. The molecule has 0 fully saturated rings. The molecule has 0 radical (unpaired) electrons. The van der Waals surface area contributed by atoms with Crippen molar-refractivity contribution < 1.29 is 9.32 Å². The van der Waals surface area contributed by atoms with Gasteiger partial charge in [-0.2, -0.15) is 0 Å². The molecule has 164 valence electrons. The molecule has 0 bridgehead atoms. The summed E-state index contributed by atoms with van der Waals surface area (Å²) in [7, 11) is 1.69. The van der Waals surface area contributed by atoms with E-state index in [0.717, 1.165) is 49.4 Å². The van der Waals surface area contributed by atoms with Gasteiger partial charge in [0, 0.05) is 31.3 Å². The van der Waals surface area contributed by atoms with Crippen LogP contribution in [-0.2, 0) is 17.8 Å². The minimum absolute atomic E-state index is 0. The van der Waals surface area contributed by atoms with E-state index in [1.165, 1.54) is 5.56 Å². The van der Waals surface area contributed by atoms with Crippen LogP contribution in [0.1, 0.15) is 56.0 Å². The van der Waals surface area contributed by atoms with Gasteiger partial charge in [0.15, 0.2) is 11.7 Å². The highest BCUT2D eigenvalue weighted by molar-refractivity contribution is 14.0. The van der Waals surface area contributed by atoms with Gasteiger partial charge in [-0.1, -0.05) is 37.2 Å². The van der Waals surface area contributed by atoms with Crippen molar-refractivity contribution in [1.82, 2.24) is 15.8 Å². The maximum atomic E-state index is 12.8. The second kappa shape index (κ2) is 11.9. The van der Waals surface area contributed by atoms with Crippen LogP contribution in [0.3, 0.4) is 0 Å². The molecule has 0 aliphatic carbocycles. The highest BCUT2D eigenvalue weighted by Gasteiger charge is 2.22. The van der Waals surface area contributed by atoms with Crippen LogP contribution < -0.4 is 15.5 Å². The number of nitrogens with one attached hydrogen (secondary N) is 2. The summed E-state index contributed by atoms with van der Waals surface area (Å²) >= 11 is 0. The number of aliphatic imine (C=N–C) groups is 1. The van der Waals surface area contributed by atoms with Gasteiger partial charge >= 0.3 is 0 Å². The Kier molecular flexibility index (Phi) is 9.61. The zero-order chi connectivity index (χ0) is 20.6. The number of aromatic nitrogens is 1. The van der Waals surface area contributed by atoms with E-state index >= 15 is 0 Å². The molecule has 2 heterocycles. The minimum Gasteiger partial charge on any atom is -0.359 e. The molecule has 0 saturated heterocycles. The van der Waals surface area contributed by atoms with Crippen LogP contribution in [0.5, 0.6) is 0 Å². The van der Waals surface area contributed by atoms with E-state index in [2.05, 4.69) is 40.7 Å². The first-order valence-electron chi connectivity index (χ1n) is 10.4. The third-order valence-corrected chi connectivity index (χ3v) is 5.45. The van der Waals surface area contributed by atoms with Gasteiger partial charge in [0.2, 0.25) is 5.91 Å². The number of hydrogen-bond donors (Lipinski definition) is 2. The zero-order valence-corrected chi connectivity index (χ0v) is 20.3. The molecule has 1 aromatic carbocycles. The Balaban J connectivity index is 0.00000320. The Morgan fingerprint density at radius 2 is 2.03 bits per heavy atom. The fourth-order valence-corrected chi connectivity index (χ4v) is 3.75. The molecule has 2 aromatic rings. The Labute approximate surface area is 195 Å². The summed E-state index contributed by atoms with van der Waals surface area (Å²) in [6, 6.07) is 10.1. The van der Waals surface area contributed by atoms with Gasteiger partial charge < -0.3 is 20.1 Å². The first kappa shape index (κ1) is 24.2.